The second-order valence-electron chi connectivity index (χ2n) is 6.24. The molecule has 0 atom stereocenters. The molecule has 0 unspecified atom stereocenters. The average Bonchev–Trinajstić information content (AvgIpc) is 2.77. The minimum atomic E-state index is -0.0811. The molecule has 3 aromatic rings. The molecule has 0 fully saturated rings. The minimum Gasteiger partial charge on any atom is -0.497 e. The summed E-state index contributed by atoms with van der Waals surface area (Å²) in [5.74, 6) is 2.07. The van der Waals surface area contributed by atoms with Gasteiger partial charge in [0.15, 0.2) is 5.78 Å². The molecule has 0 aromatic heterocycles. The average molecular weight is 409 g/mol. The van der Waals surface area contributed by atoms with E-state index < -0.39 is 0 Å². The molecule has 0 saturated carbocycles. The van der Waals surface area contributed by atoms with Crippen LogP contribution in [-0.2, 0) is 6.61 Å². The molecule has 0 radical (unpaired) electrons. The number of hydrogen-bond donors (Lipinski definition) is 0. The Labute approximate surface area is 175 Å². The van der Waals surface area contributed by atoms with Gasteiger partial charge in [-0.2, -0.15) is 0 Å². The third-order valence-corrected chi connectivity index (χ3v) is 4.57. The molecule has 0 heterocycles. The number of methoxy groups -OCH3 is 2. The van der Waals surface area contributed by atoms with E-state index in [1.165, 1.54) is 0 Å². The lowest BCUT2D eigenvalue weighted by Gasteiger charge is -2.11. The summed E-state index contributed by atoms with van der Waals surface area (Å²) < 4.78 is 16.4. The van der Waals surface area contributed by atoms with Crippen molar-refractivity contribution in [2.75, 3.05) is 14.2 Å². The highest BCUT2D eigenvalue weighted by molar-refractivity contribution is 6.30. The van der Waals surface area contributed by atoms with Crippen LogP contribution in [0.4, 0.5) is 0 Å². The van der Waals surface area contributed by atoms with Crippen molar-refractivity contribution >= 4 is 23.5 Å². The van der Waals surface area contributed by atoms with Crippen molar-refractivity contribution in [3.05, 3.63) is 94.5 Å². The van der Waals surface area contributed by atoms with E-state index in [0.717, 1.165) is 16.9 Å². The van der Waals surface area contributed by atoms with Crippen LogP contribution in [0.15, 0.2) is 72.8 Å². The first-order valence-electron chi connectivity index (χ1n) is 9.01. The second kappa shape index (κ2) is 9.80. The van der Waals surface area contributed by atoms with Crippen LogP contribution < -0.4 is 14.2 Å². The Kier molecular flexibility index (Phi) is 6.93. The van der Waals surface area contributed by atoms with E-state index >= 15 is 0 Å². The number of halogens is 1. The first kappa shape index (κ1) is 20.5. The molecule has 0 N–H and O–H groups in total. The predicted molar refractivity (Wildman–Crippen MR) is 115 cm³/mol. The fourth-order valence-electron chi connectivity index (χ4n) is 2.73. The van der Waals surface area contributed by atoms with Crippen LogP contribution in [0.1, 0.15) is 21.5 Å². The molecule has 5 heteroatoms. The summed E-state index contributed by atoms with van der Waals surface area (Å²) in [5, 5.41) is 0.656. The summed E-state index contributed by atoms with van der Waals surface area (Å²) in [6.45, 7) is 0.332. The number of ether oxygens (including phenoxy) is 3. The molecular weight excluding hydrogens is 388 g/mol. The zero-order valence-corrected chi connectivity index (χ0v) is 17.0. The van der Waals surface area contributed by atoms with E-state index in [1.807, 2.05) is 30.3 Å². The summed E-state index contributed by atoms with van der Waals surface area (Å²) in [4.78, 5) is 12.4. The van der Waals surface area contributed by atoms with Gasteiger partial charge in [-0.05, 0) is 72.3 Å². The third-order valence-electron chi connectivity index (χ3n) is 4.31. The number of carbonyl (C=O) groups is 1. The smallest absolute Gasteiger partial charge is 0.185 e. The van der Waals surface area contributed by atoms with Crippen LogP contribution in [-0.4, -0.2) is 20.0 Å². The zero-order chi connectivity index (χ0) is 20.6. The molecule has 0 aliphatic carbocycles. The molecule has 0 saturated heterocycles. The quantitative estimate of drug-likeness (QED) is 0.347. The SMILES string of the molecule is COc1ccc(C(=O)/C=C/c2ccc(OC)c(COc3ccc(Cl)cc3)c2)cc1. The number of hydrogen-bond acceptors (Lipinski definition) is 4. The van der Waals surface area contributed by atoms with Gasteiger partial charge in [0.2, 0.25) is 0 Å². The van der Waals surface area contributed by atoms with Crippen molar-refractivity contribution in [2.24, 2.45) is 0 Å². The van der Waals surface area contributed by atoms with Crippen molar-refractivity contribution in [1.29, 1.82) is 0 Å². The van der Waals surface area contributed by atoms with Gasteiger partial charge in [0.05, 0.1) is 14.2 Å². The maximum atomic E-state index is 12.4. The summed E-state index contributed by atoms with van der Waals surface area (Å²) in [6.07, 6.45) is 3.32. The summed E-state index contributed by atoms with van der Waals surface area (Å²) in [5.41, 5.74) is 2.35. The number of rotatable bonds is 8. The Morgan fingerprint density at radius 1 is 0.897 bits per heavy atom. The molecule has 0 amide bonds. The Morgan fingerprint density at radius 2 is 1.59 bits per heavy atom. The van der Waals surface area contributed by atoms with E-state index in [4.69, 9.17) is 25.8 Å². The molecule has 0 aliphatic rings. The lowest BCUT2D eigenvalue weighted by atomic mass is 10.1. The van der Waals surface area contributed by atoms with E-state index in [0.29, 0.717) is 28.7 Å². The number of carbonyl (C=O) groups excluding carboxylic acids is 1. The number of allylic oxidation sites excluding steroid dienone is 1. The predicted octanol–water partition coefficient (Wildman–Crippen LogP) is 5.83. The second-order valence-corrected chi connectivity index (χ2v) is 6.68. The first-order valence-corrected chi connectivity index (χ1v) is 9.38. The van der Waals surface area contributed by atoms with Crippen LogP contribution >= 0.6 is 11.6 Å². The number of ketones is 1. The highest BCUT2D eigenvalue weighted by Gasteiger charge is 2.06. The van der Waals surface area contributed by atoms with Gasteiger partial charge in [-0.1, -0.05) is 23.7 Å². The van der Waals surface area contributed by atoms with Gasteiger partial charge >= 0.3 is 0 Å². The van der Waals surface area contributed by atoms with Crippen LogP contribution in [0.5, 0.6) is 17.2 Å². The van der Waals surface area contributed by atoms with E-state index in [1.54, 1.807) is 62.8 Å². The van der Waals surface area contributed by atoms with E-state index in [9.17, 15) is 4.79 Å². The van der Waals surface area contributed by atoms with Crippen molar-refractivity contribution < 1.29 is 19.0 Å². The summed E-state index contributed by atoms with van der Waals surface area (Å²) >= 11 is 5.90. The van der Waals surface area contributed by atoms with Crippen LogP contribution in [0.3, 0.4) is 0 Å². The third kappa shape index (κ3) is 5.62. The van der Waals surface area contributed by atoms with Crippen LogP contribution in [0.25, 0.3) is 6.08 Å². The highest BCUT2D eigenvalue weighted by Crippen LogP contribution is 2.24. The molecule has 29 heavy (non-hydrogen) atoms. The molecule has 3 rings (SSSR count). The van der Waals surface area contributed by atoms with Gasteiger partial charge in [0.25, 0.3) is 0 Å². The molecule has 0 aliphatic heterocycles. The summed E-state index contributed by atoms with van der Waals surface area (Å²) in [6, 6.07) is 19.9. The molecule has 3 aromatic carbocycles. The van der Waals surface area contributed by atoms with Crippen molar-refractivity contribution in [3.63, 3.8) is 0 Å². The van der Waals surface area contributed by atoms with Crippen LogP contribution in [0, 0.1) is 0 Å². The maximum absolute atomic E-state index is 12.4. The Balaban J connectivity index is 1.72. The fraction of sp³-hybridized carbons (Fsp3) is 0.125. The van der Waals surface area contributed by atoms with E-state index in [2.05, 4.69) is 0 Å². The largest absolute Gasteiger partial charge is 0.497 e. The Morgan fingerprint density at radius 3 is 2.24 bits per heavy atom. The zero-order valence-electron chi connectivity index (χ0n) is 16.2. The monoisotopic (exact) mass is 408 g/mol. The fourth-order valence-corrected chi connectivity index (χ4v) is 2.86. The van der Waals surface area contributed by atoms with Crippen molar-refractivity contribution in [1.82, 2.24) is 0 Å². The first-order chi connectivity index (χ1) is 14.1. The molecule has 148 valence electrons. The Hall–Kier alpha value is -3.24. The van der Waals surface area contributed by atoms with Crippen molar-refractivity contribution in [2.45, 2.75) is 6.61 Å². The lowest BCUT2D eigenvalue weighted by Crippen LogP contribution is -1.99. The van der Waals surface area contributed by atoms with Gasteiger partial charge in [-0.3, -0.25) is 4.79 Å². The molecule has 0 spiro atoms. The van der Waals surface area contributed by atoms with Gasteiger partial charge in [-0.25, -0.2) is 0 Å². The van der Waals surface area contributed by atoms with Gasteiger partial charge < -0.3 is 14.2 Å². The Bertz CT molecular complexity index is 992. The van der Waals surface area contributed by atoms with Gasteiger partial charge in [0, 0.05) is 16.1 Å². The minimum absolute atomic E-state index is 0.0811. The van der Waals surface area contributed by atoms with Crippen LogP contribution in [0.2, 0.25) is 5.02 Å². The van der Waals surface area contributed by atoms with E-state index in [-0.39, 0.29) is 5.78 Å². The standard InChI is InChI=1S/C24H21ClO4/c1-27-21-9-5-18(6-10-21)23(26)13-3-17-4-14-24(28-2)19(15-17)16-29-22-11-7-20(25)8-12-22/h3-15H,16H2,1-2H3/b13-3+. The molecule has 0 bridgehead atoms. The van der Waals surface area contributed by atoms with Gasteiger partial charge in [0.1, 0.15) is 23.9 Å². The lowest BCUT2D eigenvalue weighted by molar-refractivity contribution is 0.104. The normalized spacial score (nSPS) is 10.7. The molecular formula is C24H21ClO4. The van der Waals surface area contributed by atoms with Gasteiger partial charge in [-0.15, -0.1) is 0 Å². The number of benzene rings is 3. The maximum Gasteiger partial charge on any atom is 0.185 e. The molecule has 4 nitrogen and oxygen atoms in total. The van der Waals surface area contributed by atoms with Crippen molar-refractivity contribution in [3.8, 4) is 17.2 Å². The highest BCUT2D eigenvalue weighted by atomic mass is 35.5. The topological polar surface area (TPSA) is 44.8 Å². The summed E-state index contributed by atoms with van der Waals surface area (Å²) in [7, 11) is 3.21.